The number of rotatable bonds is 3. The number of methoxy groups -OCH3 is 2. The van der Waals surface area contributed by atoms with Gasteiger partial charge in [-0.15, -0.1) is 0 Å². The molecule has 0 fully saturated rings. The number of fused-ring (bicyclic) bond motifs is 5. The molecule has 1 atom stereocenters. The maximum atomic E-state index is 5.54. The lowest BCUT2D eigenvalue weighted by Crippen LogP contribution is -2.13. The molecule has 1 aliphatic rings. The molecule has 1 heterocycles. The Balaban J connectivity index is 1.85. The molecule has 0 bridgehead atoms. The Morgan fingerprint density at radius 3 is 2.32 bits per heavy atom. The van der Waals surface area contributed by atoms with Gasteiger partial charge in [0, 0.05) is 29.4 Å². The first-order valence-electron chi connectivity index (χ1n) is 9.60. The summed E-state index contributed by atoms with van der Waals surface area (Å²) in [5.41, 5.74) is 7.88. The molecule has 3 nitrogen and oxygen atoms in total. The molecule has 1 unspecified atom stereocenters. The highest BCUT2D eigenvalue weighted by atomic mass is 16.5. The van der Waals surface area contributed by atoms with Gasteiger partial charge in [0.05, 0.1) is 19.9 Å². The van der Waals surface area contributed by atoms with E-state index in [9.17, 15) is 0 Å². The number of ether oxygens (including phenoxy) is 2. The highest BCUT2D eigenvalue weighted by molar-refractivity contribution is 5.95. The average molecular weight is 369 g/mol. The van der Waals surface area contributed by atoms with Gasteiger partial charge >= 0.3 is 0 Å². The van der Waals surface area contributed by atoms with Crippen molar-refractivity contribution in [2.45, 2.75) is 12.3 Å². The summed E-state index contributed by atoms with van der Waals surface area (Å²) in [5, 5.41) is 1.27. The van der Waals surface area contributed by atoms with E-state index in [-0.39, 0.29) is 0 Å². The van der Waals surface area contributed by atoms with Crippen molar-refractivity contribution in [2.24, 2.45) is 7.05 Å². The topological polar surface area (TPSA) is 23.4 Å². The zero-order chi connectivity index (χ0) is 19.3. The summed E-state index contributed by atoms with van der Waals surface area (Å²) in [6.07, 6.45) is 0.958. The van der Waals surface area contributed by atoms with Crippen LogP contribution in [0.25, 0.3) is 22.2 Å². The van der Waals surface area contributed by atoms with E-state index in [1.54, 1.807) is 14.2 Å². The summed E-state index contributed by atoms with van der Waals surface area (Å²) < 4.78 is 13.4. The van der Waals surface area contributed by atoms with E-state index in [0.717, 1.165) is 17.9 Å². The van der Waals surface area contributed by atoms with Crippen LogP contribution in [0.3, 0.4) is 0 Å². The number of aromatic nitrogens is 1. The van der Waals surface area contributed by atoms with Crippen molar-refractivity contribution in [1.82, 2.24) is 4.57 Å². The highest BCUT2D eigenvalue weighted by Crippen LogP contribution is 2.48. The van der Waals surface area contributed by atoms with Crippen LogP contribution >= 0.6 is 0 Å². The zero-order valence-electron chi connectivity index (χ0n) is 16.4. The summed E-state index contributed by atoms with van der Waals surface area (Å²) in [7, 11) is 5.62. The molecule has 3 aromatic carbocycles. The fourth-order valence-electron chi connectivity index (χ4n) is 4.65. The van der Waals surface area contributed by atoms with Gasteiger partial charge in [0.25, 0.3) is 0 Å². The summed E-state index contributed by atoms with van der Waals surface area (Å²) in [6, 6.07) is 23.6. The molecule has 4 aromatic rings. The van der Waals surface area contributed by atoms with E-state index < -0.39 is 0 Å². The minimum atomic E-state index is 0.298. The minimum Gasteiger partial charge on any atom is -0.497 e. The van der Waals surface area contributed by atoms with Crippen molar-refractivity contribution in [3.05, 3.63) is 83.4 Å². The van der Waals surface area contributed by atoms with Crippen LogP contribution in [0.15, 0.2) is 66.7 Å². The summed E-state index contributed by atoms with van der Waals surface area (Å²) in [6.45, 7) is 0. The van der Waals surface area contributed by atoms with Gasteiger partial charge in [0.2, 0.25) is 0 Å². The Hall–Kier alpha value is -3.20. The van der Waals surface area contributed by atoms with Crippen LogP contribution in [0.2, 0.25) is 0 Å². The Bertz CT molecular complexity index is 1170. The van der Waals surface area contributed by atoms with Crippen molar-refractivity contribution in [1.29, 1.82) is 0 Å². The summed E-state index contributed by atoms with van der Waals surface area (Å²) >= 11 is 0. The first-order valence-corrected chi connectivity index (χ1v) is 9.60. The van der Waals surface area contributed by atoms with E-state index in [1.165, 1.54) is 38.9 Å². The monoisotopic (exact) mass is 369 g/mol. The van der Waals surface area contributed by atoms with Gasteiger partial charge < -0.3 is 14.0 Å². The number of aryl methyl sites for hydroxylation is 1. The average Bonchev–Trinajstić information content (AvgIpc) is 3.05. The van der Waals surface area contributed by atoms with Gasteiger partial charge in [-0.25, -0.2) is 0 Å². The van der Waals surface area contributed by atoms with Gasteiger partial charge in [-0.3, -0.25) is 0 Å². The van der Waals surface area contributed by atoms with E-state index in [2.05, 4.69) is 72.3 Å². The molecule has 1 aromatic heterocycles. The Morgan fingerprint density at radius 2 is 1.57 bits per heavy atom. The second-order valence-electron chi connectivity index (χ2n) is 7.39. The molecule has 0 aliphatic heterocycles. The van der Waals surface area contributed by atoms with Crippen molar-refractivity contribution < 1.29 is 9.47 Å². The summed E-state index contributed by atoms with van der Waals surface area (Å²) in [5.74, 6) is 2.11. The maximum Gasteiger partial charge on any atom is 0.119 e. The third-order valence-electron chi connectivity index (χ3n) is 5.99. The lowest BCUT2D eigenvalue weighted by atomic mass is 9.77. The minimum absolute atomic E-state index is 0.298. The van der Waals surface area contributed by atoms with Gasteiger partial charge in [0.1, 0.15) is 11.5 Å². The molecule has 140 valence electrons. The largest absolute Gasteiger partial charge is 0.497 e. The number of hydrogen-bond donors (Lipinski definition) is 0. The Kier molecular flexibility index (Phi) is 3.90. The highest BCUT2D eigenvalue weighted by Gasteiger charge is 2.31. The SMILES string of the molecule is COc1ccc2c(c1)CC(c1ccccc1)c1c-2n(C)c2ccc(OC)cc12. The lowest BCUT2D eigenvalue weighted by molar-refractivity contribution is 0.414. The third kappa shape index (κ3) is 2.43. The molecule has 28 heavy (non-hydrogen) atoms. The number of hydrogen-bond acceptors (Lipinski definition) is 2. The Morgan fingerprint density at radius 1 is 0.857 bits per heavy atom. The van der Waals surface area contributed by atoms with Crippen LogP contribution in [-0.4, -0.2) is 18.8 Å². The van der Waals surface area contributed by atoms with E-state index >= 15 is 0 Å². The summed E-state index contributed by atoms with van der Waals surface area (Å²) in [4.78, 5) is 0. The molecule has 0 saturated heterocycles. The molecule has 0 radical (unpaired) electrons. The molecule has 3 heteroatoms. The first-order chi connectivity index (χ1) is 13.7. The van der Waals surface area contributed by atoms with Crippen molar-refractivity contribution in [2.75, 3.05) is 14.2 Å². The van der Waals surface area contributed by atoms with Gasteiger partial charge in [-0.2, -0.15) is 0 Å². The second kappa shape index (κ2) is 6.45. The number of benzene rings is 3. The van der Waals surface area contributed by atoms with Gasteiger partial charge in [0.15, 0.2) is 0 Å². The Labute approximate surface area is 165 Å². The molecule has 5 rings (SSSR count). The predicted molar refractivity (Wildman–Crippen MR) is 113 cm³/mol. The fraction of sp³-hybridized carbons (Fsp3) is 0.200. The van der Waals surface area contributed by atoms with Crippen LogP contribution in [0.5, 0.6) is 11.5 Å². The van der Waals surface area contributed by atoms with Crippen LogP contribution in [0.4, 0.5) is 0 Å². The molecule has 0 amide bonds. The van der Waals surface area contributed by atoms with Crippen molar-refractivity contribution in [3.8, 4) is 22.8 Å². The van der Waals surface area contributed by atoms with E-state index in [0.29, 0.717) is 5.92 Å². The quantitative estimate of drug-likeness (QED) is 0.473. The molecular formula is C25H23NO2. The number of nitrogens with zero attached hydrogens (tertiary/aromatic N) is 1. The van der Waals surface area contributed by atoms with Crippen LogP contribution < -0.4 is 9.47 Å². The van der Waals surface area contributed by atoms with Gasteiger partial charge in [-0.05, 0) is 59.5 Å². The molecule has 0 N–H and O–H groups in total. The standard InChI is InChI=1S/C25H23NO2/c1-26-23-12-10-19(28-3)15-22(23)24-21(16-7-5-4-6-8-16)14-17-13-18(27-2)9-11-20(17)25(24)26/h4-13,15,21H,14H2,1-3H3. The smallest absolute Gasteiger partial charge is 0.119 e. The van der Waals surface area contributed by atoms with Crippen LogP contribution in [0, 0.1) is 0 Å². The molecule has 0 spiro atoms. The molecular weight excluding hydrogens is 346 g/mol. The lowest BCUT2D eigenvalue weighted by Gasteiger charge is -2.27. The second-order valence-corrected chi connectivity index (χ2v) is 7.39. The molecule has 0 saturated carbocycles. The molecule has 1 aliphatic carbocycles. The fourth-order valence-corrected chi connectivity index (χ4v) is 4.65. The van der Waals surface area contributed by atoms with Crippen LogP contribution in [-0.2, 0) is 13.5 Å². The van der Waals surface area contributed by atoms with Crippen molar-refractivity contribution in [3.63, 3.8) is 0 Å². The van der Waals surface area contributed by atoms with Crippen LogP contribution in [0.1, 0.15) is 22.6 Å². The van der Waals surface area contributed by atoms with Crippen molar-refractivity contribution >= 4 is 10.9 Å². The maximum absolute atomic E-state index is 5.54. The predicted octanol–water partition coefficient (Wildman–Crippen LogP) is 5.55. The third-order valence-corrected chi connectivity index (χ3v) is 5.99. The van der Waals surface area contributed by atoms with Gasteiger partial charge in [-0.1, -0.05) is 30.3 Å². The van der Waals surface area contributed by atoms with E-state index in [1.807, 2.05) is 6.07 Å². The zero-order valence-corrected chi connectivity index (χ0v) is 16.4. The first kappa shape index (κ1) is 16.9. The van der Waals surface area contributed by atoms with E-state index in [4.69, 9.17) is 9.47 Å². The normalized spacial score (nSPS) is 15.2.